The highest BCUT2D eigenvalue weighted by Gasteiger charge is 2.18. The van der Waals surface area contributed by atoms with Crippen LogP contribution in [0.5, 0.6) is 5.75 Å². The molecule has 0 aliphatic heterocycles. The maximum absolute atomic E-state index is 5.99. The summed E-state index contributed by atoms with van der Waals surface area (Å²) in [6.45, 7) is 6.01. The third-order valence-corrected chi connectivity index (χ3v) is 3.09. The molecule has 1 aromatic carbocycles. The number of methoxy groups -OCH3 is 1. The molecule has 1 unspecified atom stereocenters. The molecule has 2 rings (SSSR count). The second kappa shape index (κ2) is 5.40. The fourth-order valence-electron chi connectivity index (χ4n) is 1.78. The number of rotatable bonds is 4. The van der Waals surface area contributed by atoms with Crippen molar-refractivity contribution in [1.82, 2.24) is 10.2 Å². The molecular formula is C14H19N3O2. The van der Waals surface area contributed by atoms with Gasteiger partial charge in [0, 0.05) is 5.56 Å². The van der Waals surface area contributed by atoms with Gasteiger partial charge in [0.25, 0.3) is 0 Å². The summed E-state index contributed by atoms with van der Waals surface area (Å²) < 4.78 is 10.9. The number of hydrogen-bond acceptors (Lipinski definition) is 5. The van der Waals surface area contributed by atoms with E-state index >= 15 is 0 Å². The van der Waals surface area contributed by atoms with E-state index in [0.29, 0.717) is 11.8 Å². The molecule has 0 saturated heterocycles. The number of benzene rings is 1. The van der Waals surface area contributed by atoms with Crippen LogP contribution in [-0.4, -0.2) is 17.3 Å². The van der Waals surface area contributed by atoms with Gasteiger partial charge in [-0.15, -0.1) is 10.2 Å². The van der Waals surface area contributed by atoms with E-state index in [9.17, 15) is 0 Å². The number of nitrogens with two attached hydrogens (primary N) is 1. The van der Waals surface area contributed by atoms with Crippen molar-refractivity contribution in [3.63, 3.8) is 0 Å². The second-order valence-corrected chi connectivity index (χ2v) is 4.90. The molecule has 0 saturated carbocycles. The van der Waals surface area contributed by atoms with Crippen LogP contribution in [0.3, 0.4) is 0 Å². The highest BCUT2D eigenvalue weighted by molar-refractivity contribution is 5.56. The van der Waals surface area contributed by atoms with E-state index in [2.05, 4.69) is 10.2 Å². The first-order valence-corrected chi connectivity index (χ1v) is 6.27. The van der Waals surface area contributed by atoms with Crippen molar-refractivity contribution < 1.29 is 9.15 Å². The average Bonchev–Trinajstić information content (AvgIpc) is 2.87. The molecule has 0 radical (unpaired) electrons. The molecule has 0 fully saturated rings. The van der Waals surface area contributed by atoms with Gasteiger partial charge in [-0.1, -0.05) is 13.8 Å². The lowest BCUT2D eigenvalue weighted by Crippen LogP contribution is -2.16. The first kappa shape index (κ1) is 13.5. The number of hydrogen-bond donors (Lipinski definition) is 1. The lowest BCUT2D eigenvalue weighted by atomic mass is 10.1. The third kappa shape index (κ3) is 2.76. The molecule has 2 N–H and O–H groups in total. The molecule has 5 heteroatoms. The van der Waals surface area contributed by atoms with Gasteiger partial charge >= 0.3 is 0 Å². The summed E-state index contributed by atoms with van der Waals surface area (Å²) >= 11 is 0. The van der Waals surface area contributed by atoms with Crippen molar-refractivity contribution in [2.75, 3.05) is 7.11 Å². The van der Waals surface area contributed by atoms with E-state index in [4.69, 9.17) is 14.9 Å². The normalized spacial score (nSPS) is 12.7. The SMILES string of the molecule is COc1ccc(-c2nnc(C(N)C(C)C)o2)cc1C. The molecule has 19 heavy (non-hydrogen) atoms. The standard InChI is InChI=1S/C14H19N3O2/c1-8(2)12(15)14-17-16-13(19-14)10-5-6-11(18-4)9(3)7-10/h5-8,12H,15H2,1-4H3. The Morgan fingerprint density at radius 3 is 2.58 bits per heavy atom. The van der Waals surface area contributed by atoms with Crippen molar-refractivity contribution >= 4 is 0 Å². The van der Waals surface area contributed by atoms with Gasteiger partial charge in [0.2, 0.25) is 11.8 Å². The van der Waals surface area contributed by atoms with Crippen LogP contribution in [0.2, 0.25) is 0 Å². The molecule has 0 spiro atoms. The summed E-state index contributed by atoms with van der Waals surface area (Å²) in [6, 6.07) is 5.50. The number of aryl methyl sites for hydroxylation is 1. The molecule has 5 nitrogen and oxygen atoms in total. The summed E-state index contributed by atoms with van der Waals surface area (Å²) in [5.74, 6) is 2.04. The summed E-state index contributed by atoms with van der Waals surface area (Å²) in [5, 5.41) is 8.06. The average molecular weight is 261 g/mol. The Balaban J connectivity index is 2.30. The van der Waals surface area contributed by atoms with Crippen LogP contribution in [0.15, 0.2) is 22.6 Å². The first-order chi connectivity index (χ1) is 9.02. The zero-order chi connectivity index (χ0) is 14.0. The Bertz CT molecular complexity index is 564. The minimum atomic E-state index is -0.236. The lowest BCUT2D eigenvalue weighted by Gasteiger charge is -2.09. The zero-order valence-electron chi connectivity index (χ0n) is 11.7. The molecular weight excluding hydrogens is 242 g/mol. The molecule has 102 valence electrons. The van der Waals surface area contributed by atoms with Gasteiger partial charge in [0.05, 0.1) is 13.2 Å². The fraction of sp³-hybridized carbons (Fsp3) is 0.429. The van der Waals surface area contributed by atoms with Gasteiger partial charge in [0.1, 0.15) is 5.75 Å². The summed E-state index contributed by atoms with van der Waals surface area (Å²) in [7, 11) is 1.65. The minimum Gasteiger partial charge on any atom is -0.496 e. The molecule has 1 heterocycles. The molecule has 0 aliphatic carbocycles. The van der Waals surface area contributed by atoms with Gasteiger partial charge in [-0.3, -0.25) is 0 Å². The second-order valence-electron chi connectivity index (χ2n) is 4.90. The number of nitrogens with zero attached hydrogens (tertiary/aromatic N) is 2. The lowest BCUT2D eigenvalue weighted by molar-refractivity contribution is 0.393. The summed E-state index contributed by atoms with van der Waals surface area (Å²) in [4.78, 5) is 0. The predicted octanol–water partition coefficient (Wildman–Crippen LogP) is 2.71. The van der Waals surface area contributed by atoms with Crippen LogP contribution in [0, 0.1) is 12.8 Å². The highest BCUT2D eigenvalue weighted by Crippen LogP contribution is 2.27. The summed E-state index contributed by atoms with van der Waals surface area (Å²) in [5.41, 5.74) is 7.88. The van der Waals surface area contributed by atoms with Crippen LogP contribution in [0.4, 0.5) is 0 Å². The van der Waals surface area contributed by atoms with E-state index in [1.54, 1.807) is 7.11 Å². The third-order valence-electron chi connectivity index (χ3n) is 3.09. The molecule has 1 atom stereocenters. The van der Waals surface area contributed by atoms with Crippen LogP contribution in [0.25, 0.3) is 11.5 Å². The Hall–Kier alpha value is -1.88. The topological polar surface area (TPSA) is 74.2 Å². The van der Waals surface area contributed by atoms with Crippen molar-refractivity contribution in [3.8, 4) is 17.2 Å². The Morgan fingerprint density at radius 2 is 2.00 bits per heavy atom. The maximum Gasteiger partial charge on any atom is 0.247 e. The first-order valence-electron chi connectivity index (χ1n) is 6.27. The molecule has 0 aliphatic rings. The number of aromatic nitrogens is 2. The Kier molecular flexibility index (Phi) is 3.85. The van der Waals surface area contributed by atoms with E-state index in [-0.39, 0.29) is 12.0 Å². The van der Waals surface area contributed by atoms with Crippen LogP contribution >= 0.6 is 0 Å². The largest absolute Gasteiger partial charge is 0.496 e. The molecule has 0 amide bonds. The van der Waals surface area contributed by atoms with Crippen LogP contribution < -0.4 is 10.5 Å². The van der Waals surface area contributed by atoms with E-state index in [1.807, 2.05) is 39.0 Å². The molecule has 1 aromatic heterocycles. The van der Waals surface area contributed by atoms with E-state index < -0.39 is 0 Å². The van der Waals surface area contributed by atoms with Gasteiger partial charge < -0.3 is 14.9 Å². The summed E-state index contributed by atoms with van der Waals surface area (Å²) in [6.07, 6.45) is 0. The van der Waals surface area contributed by atoms with E-state index in [0.717, 1.165) is 16.9 Å². The van der Waals surface area contributed by atoms with Crippen molar-refractivity contribution in [1.29, 1.82) is 0 Å². The fourth-order valence-corrected chi connectivity index (χ4v) is 1.78. The molecule has 2 aromatic rings. The van der Waals surface area contributed by atoms with Gasteiger partial charge in [-0.05, 0) is 36.6 Å². The van der Waals surface area contributed by atoms with Crippen molar-refractivity contribution in [2.45, 2.75) is 26.8 Å². The van der Waals surface area contributed by atoms with Crippen LogP contribution in [0.1, 0.15) is 31.3 Å². The van der Waals surface area contributed by atoms with Crippen molar-refractivity contribution in [3.05, 3.63) is 29.7 Å². The van der Waals surface area contributed by atoms with Crippen molar-refractivity contribution in [2.24, 2.45) is 11.7 Å². The minimum absolute atomic E-state index is 0.236. The van der Waals surface area contributed by atoms with Crippen LogP contribution in [-0.2, 0) is 0 Å². The quantitative estimate of drug-likeness (QED) is 0.915. The highest BCUT2D eigenvalue weighted by atomic mass is 16.5. The van der Waals surface area contributed by atoms with E-state index in [1.165, 1.54) is 0 Å². The maximum atomic E-state index is 5.99. The zero-order valence-corrected chi connectivity index (χ0v) is 11.7. The smallest absolute Gasteiger partial charge is 0.247 e. The molecule has 0 bridgehead atoms. The monoisotopic (exact) mass is 261 g/mol. The van der Waals surface area contributed by atoms with Gasteiger partial charge in [-0.2, -0.15) is 0 Å². The number of ether oxygens (including phenoxy) is 1. The Labute approximate surface area is 112 Å². The Morgan fingerprint density at radius 1 is 1.26 bits per heavy atom. The van der Waals surface area contributed by atoms with Gasteiger partial charge in [0.15, 0.2) is 0 Å². The van der Waals surface area contributed by atoms with Gasteiger partial charge in [-0.25, -0.2) is 0 Å². The predicted molar refractivity (Wildman–Crippen MR) is 72.8 cm³/mol.